The van der Waals surface area contributed by atoms with Crippen molar-refractivity contribution in [1.29, 1.82) is 0 Å². The van der Waals surface area contributed by atoms with Gasteiger partial charge in [0.15, 0.2) is 11.3 Å². The molecule has 0 N–H and O–H groups in total. The maximum atomic E-state index is 13.4. The van der Waals surface area contributed by atoms with Crippen LogP contribution in [0.4, 0.5) is 13.2 Å². The van der Waals surface area contributed by atoms with E-state index in [0.29, 0.717) is 11.3 Å². The van der Waals surface area contributed by atoms with Crippen LogP contribution in [-0.2, 0) is 6.18 Å². The molecule has 0 saturated heterocycles. The Hall–Kier alpha value is -2.89. The highest BCUT2D eigenvalue weighted by atomic mass is 19.4. The highest BCUT2D eigenvalue weighted by Crippen LogP contribution is 2.33. The Morgan fingerprint density at radius 3 is 2.42 bits per heavy atom. The van der Waals surface area contributed by atoms with Gasteiger partial charge in [-0.3, -0.25) is 0 Å². The molecule has 2 heterocycles. The quantitative estimate of drug-likeness (QED) is 0.499. The number of halogens is 3. The zero-order valence-electron chi connectivity index (χ0n) is 12.7. The van der Waals surface area contributed by atoms with Gasteiger partial charge in [-0.15, -0.1) is 0 Å². The molecule has 120 valence electrons. The summed E-state index contributed by atoms with van der Waals surface area (Å²) in [6.07, 6.45) is -4.51. The van der Waals surface area contributed by atoms with E-state index in [1.165, 1.54) is 0 Å². The maximum Gasteiger partial charge on any atom is 0.433 e. The number of aromatic nitrogens is 3. The summed E-state index contributed by atoms with van der Waals surface area (Å²) in [6, 6.07) is 15.8. The van der Waals surface area contributed by atoms with Gasteiger partial charge in [-0.05, 0) is 29.8 Å². The lowest BCUT2D eigenvalue weighted by Gasteiger charge is -2.11. The minimum atomic E-state index is -4.51. The third-order valence-electron chi connectivity index (χ3n) is 3.89. The van der Waals surface area contributed by atoms with Crippen LogP contribution in [0.5, 0.6) is 0 Å². The minimum absolute atomic E-state index is 0.186. The SMILES string of the molecule is Cc1cc2nc(-c3ccc4ccccc4c3)cc(C(F)(F)F)n2n1. The number of hydrogen-bond donors (Lipinski definition) is 0. The van der Waals surface area contributed by atoms with Gasteiger partial charge in [0.25, 0.3) is 0 Å². The molecule has 6 heteroatoms. The molecule has 24 heavy (non-hydrogen) atoms. The summed E-state index contributed by atoms with van der Waals surface area (Å²) in [5, 5.41) is 5.88. The number of hydrogen-bond acceptors (Lipinski definition) is 2. The number of fused-ring (bicyclic) bond motifs is 2. The fourth-order valence-electron chi connectivity index (χ4n) is 2.79. The fourth-order valence-corrected chi connectivity index (χ4v) is 2.79. The Morgan fingerprint density at radius 2 is 1.67 bits per heavy atom. The van der Waals surface area contributed by atoms with Crippen LogP contribution in [0.1, 0.15) is 11.4 Å². The molecule has 0 aliphatic rings. The second kappa shape index (κ2) is 5.06. The van der Waals surface area contributed by atoms with Crippen molar-refractivity contribution in [2.24, 2.45) is 0 Å². The van der Waals surface area contributed by atoms with E-state index in [1.54, 1.807) is 19.1 Å². The molecule has 2 aromatic carbocycles. The average molecular weight is 327 g/mol. The summed E-state index contributed by atoms with van der Waals surface area (Å²) in [4.78, 5) is 4.35. The van der Waals surface area contributed by atoms with E-state index in [1.807, 2.05) is 36.4 Å². The Labute approximate surface area is 135 Å². The van der Waals surface area contributed by atoms with E-state index >= 15 is 0 Å². The lowest BCUT2D eigenvalue weighted by atomic mass is 10.0. The van der Waals surface area contributed by atoms with E-state index < -0.39 is 11.9 Å². The van der Waals surface area contributed by atoms with Crippen molar-refractivity contribution in [2.75, 3.05) is 0 Å². The summed E-state index contributed by atoms with van der Waals surface area (Å²) in [7, 11) is 0. The standard InChI is InChI=1S/C18H12F3N3/c1-11-8-17-22-15(10-16(18(19,20)21)24(17)23-11)14-7-6-12-4-2-3-5-13(12)9-14/h2-10H,1H3. The van der Waals surface area contributed by atoms with Gasteiger partial charge >= 0.3 is 6.18 Å². The first kappa shape index (κ1) is 14.7. The highest BCUT2D eigenvalue weighted by Gasteiger charge is 2.35. The van der Waals surface area contributed by atoms with Gasteiger partial charge in [-0.2, -0.15) is 18.3 Å². The molecule has 0 bridgehead atoms. The molecule has 0 spiro atoms. The smallest absolute Gasteiger partial charge is 0.228 e. The highest BCUT2D eigenvalue weighted by molar-refractivity contribution is 5.86. The van der Waals surface area contributed by atoms with Gasteiger partial charge in [-0.25, -0.2) is 9.50 Å². The second-order valence-corrected chi connectivity index (χ2v) is 5.64. The van der Waals surface area contributed by atoms with Gasteiger partial charge in [0.2, 0.25) is 0 Å². The summed E-state index contributed by atoms with van der Waals surface area (Å²) in [5.41, 5.74) is 0.763. The zero-order chi connectivity index (χ0) is 16.9. The number of benzene rings is 2. The Bertz CT molecular complexity index is 1060. The fraction of sp³-hybridized carbons (Fsp3) is 0.111. The second-order valence-electron chi connectivity index (χ2n) is 5.64. The topological polar surface area (TPSA) is 30.2 Å². The van der Waals surface area contributed by atoms with Crippen LogP contribution < -0.4 is 0 Å². The maximum absolute atomic E-state index is 13.4. The molecule has 0 radical (unpaired) electrons. The van der Waals surface area contributed by atoms with Crippen LogP contribution in [0.2, 0.25) is 0 Å². The first-order valence-electron chi connectivity index (χ1n) is 7.36. The Balaban J connectivity index is 1.98. The van der Waals surface area contributed by atoms with E-state index in [-0.39, 0.29) is 11.3 Å². The molecule has 2 aromatic heterocycles. The monoisotopic (exact) mass is 327 g/mol. The number of nitrogens with zero attached hydrogens (tertiary/aromatic N) is 3. The molecule has 0 aliphatic heterocycles. The van der Waals surface area contributed by atoms with Crippen LogP contribution in [0, 0.1) is 6.92 Å². The summed E-state index contributed by atoms with van der Waals surface area (Å²) < 4.78 is 41.0. The van der Waals surface area contributed by atoms with E-state index in [9.17, 15) is 13.2 Å². The van der Waals surface area contributed by atoms with Crippen molar-refractivity contribution >= 4 is 16.4 Å². The van der Waals surface area contributed by atoms with Crippen molar-refractivity contribution in [3.05, 3.63) is 66.0 Å². The predicted octanol–water partition coefficient (Wildman–Crippen LogP) is 4.88. The van der Waals surface area contributed by atoms with Crippen molar-refractivity contribution in [2.45, 2.75) is 13.1 Å². The van der Waals surface area contributed by atoms with E-state index in [0.717, 1.165) is 21.4 Å². The van der Waals surface area contributed by atoms with Crippen LogP contribution in [0.15, 0.2) is 54.6 Å². The van der Waals surface area contributed by atoms with Crippen LogP contribution in [0.25, 0.3) is 27.7 Å². The van der Waals surface area contributed by atoms with Crippen LogP contribution in [0.3, 0.4) is 0 Å². The van der Waals surface area contributed by atoms with Crippen molar-refractivity contribution < 1.29 is 13.2 Å². The van der Waals surface area contributed by atoms with Crippen molar-refractivity contribution in [3.8, 4) is 11.3 Å². The van der Waals surface area contributed by atoms with Gasteiger partial charge in [0.1, 0.15) is 0 Å². The normalized spacial score (nSPS) is 12.2. The molecular weight excluding hydrogens is 315 g/mol. The third-order valence-corrected chi connectivity index (χ3v) is 3.89. The summed E-state index contributed by atoms with van der Waals surface area (Å²) in [5.74, 6) is 0. The van der Waals surface area contributed by atoms with E-state index in [2.05, 4.69) is 10.1 Å². The van der Waals surface area contributed by atoms with Gasteiger partial charge < -0.3 is 0 Å². The molecule has 0 saturated carbocycles. The molecule has 0 unspecified atom stereocenters. The van der Waals surface area contributed by atoms with Gasteiger partial charge in [0, 0.05) is 11.6 Å². The summed E-state index contributed by atoms with van der Waals surface area (Å²) in [6.45, 7) is 1.64. The van der Waals surface area contributed by atoms with Crippen molar-refractivity contribution in [3.63, 3.8) is 0 Å². The molecule has 0 fully saturated rings. The number of aryl methyl sites for hydroxylation is 1. The lowest BCUT2D eigenvalue weighted by molar-refractivity contribution is -0.142. The lowest BCUT2D eigenvalue weighted by Crippen LogP contribution is -2.13. The van der Waals surface area contributed by atoms with Gasteiger partial charge in [0.05, 0.1) is 11.4 Å². The van der Waals surface area contributed by atoms with Crippen LogP contribution >= 0.6 is 0 Å². The average Bonchev–Trinajstić information content (AvgIpc) is 2.92. The first-order chi connectivity index (χ1) is 11.4. The molecule has 0 atom stereocenters. The van der Waals surface area contributed by atoms with Gasteiger partial charge in [-0.1, -0.05) is 36.4 Å². The largest absolute Gasteiger partial charge is 0.433 e. The first-order valence-corrected chi connectivity index (χ1v) is 7.36. The molecule has 0 amide bonds. The van der Waals surface area contributed by atoms with Crippen LogP contribution in [-0.4, -0.2) is 14.6 Å². The number of rotatable bonds is 1. The number of alkyl halides is 3. The van der Waals surface area contributed by atoms with E-state index in [4.69, 9.17) is 0 Å². The Kier molecular flexibility index (Phi) is 3.09. The third kappa shape index (κ3) is 2.40. The predicted molar refractivity (Wildman–Crippen MR) is 85.7 cm³/mol. The summed E-state index contributed by atoms with van der Waals surface area (Å²) >= 11 is 0. The molecule has 4 aromatic rings. The molecular formula is C18H12F3N3. The Morgan fingerprint density at radius 1 is 0.917 bits per heavy atom. The molecule has 3 nitrogen and oxygen atoms in total. The molecule has 4 rings (SSSR count). The minimum Gasteiger partial charge on any atom is -0.228 e. The molecule has 0 aliphatic carbocycles. The van der Waals surface area contributed by atoms with Crippen molar-refractivity contribution in [1.82, 2.24) is 14.6 Å². The zero-order valence-corrected chi connectivity index (χ0v) is 12.7.